The molecule has 6 heteroatoms. The van der Waals surface area contributed by atoms with Crippen molar-refractivity contribution in [3.8, 4) is 22.3 Å². The molecule has 2 aromatic heterocycles. The van der Waals surface area contributed by atoms with Crippen LogP contribution in [0.5, 0.6) is 0 Å². The average molecular weight is 730 g/mol. The molecule has 55 heavy (non-hydrogen) atoms. The number of para-hydroxylation sites is 2. The van der Waals surface area contributed by atoms with E-state index in [-0.39, 0.29) is 12.3 Å². The van der Waals surface area contributed by atoms with Gasteiger partial charge in [0.05, 0.1) is 5.02 Å². The Hall–Kier alpha value is -6.66. The van der Waals surface area contributed by atoms with E-state index in [4.69, 9.17) is 25.4 Å². The monoisotopic (exact) mass is 729 g/mol. The standard InChI is InChI=1S/C49H32ClN3O2/c50-40-26-25-35(45-37-16-7-9-19-42(37)55-46(40)45)39-28-33(27-32-13-4-5-14-34(32)39)48-51-47(31-23-21-30(22-24-31)29-11-2-1-3-12-29)52-49(53-48)38-17-10-20-43-44(38)36-15-6-8-18-41(36)54-43/h1-28,47,49,52H,(H,51,53). The van der Waals surface area contributed by atoms with Crippen LogP contribution >= 0.6 is 11.6 Å². The second-order valence-electron chi connectivity index (χ2n) is 14.1. The number of halogens is 1. The number of aliphatic imine (C=N–C) groups is 1. The van der Waals surface area contributed by atoms with Gasteiger partial charge in [-0.15, -0.1) is 0 Å². The van der Waals surface area contributed by atoms with Crippen LogP contribution in [0.1, 0.15) is 29.0 Å². The minimum absolute atomic E-state index is 0.245. The second kappa shape index (κ2) is 12.7. The van der Waals surface area contributed by atoms with Gasteiger partial charge in [0, 0.05) is 32.7 Å². The molecule has 1 aliphatic heterocycles. The molecule has 0 bridgehead atoms. The van der Waals surface area contributed by atoms with Gasteiger partial charge in [0.1, 0.15) is 34.9 Å². The maximum absolute atomic E-state index is 6.79. The molecule has 3 heterocycles. The third-order valence-electron chi connectivity index (χ3n) is 10.8. The molecular formula is C49H32ClN3O2. The first-order chi connectivity index (χ1) is 27.2. The summed E-state index contributed by atoms with van der Waals surface area (Å²) in [7, 11) is 0. The SMILES string of the molecule is Clc1ccc(-c2cc(C3=NC(c4cccc5oc6ccccc6c45)NC(c4ccc(-c5ccccc5)cc4)N3)cc3ccccc23)c2c1oc1ccccc12. The topological polar surface area (TPSA) is 62.7 Å². The molecule has 2 N–H and O–H groups in total. The molecule has 0 spiro atoms. The first kappa shape index (κ1) is 31.8. The minimum atomic E-state index is -0.380. The van der Waals surface area contributed by atoms with E-state index in [1.807, 2.05) is 48.5 Å². The van der Waals surface area contributed by atoms with E-state index >= 15 is 0 Å². The maximum atomic E-state index is 6.79. The Bertz CT molecular complexity index is 3130. The van der Waals surface area contributed by atoms with Gasteiger partial charge in [0.25, 0.3) is 0 Å². The highest BCUT2D eigenvalue weighted by Gasteiger charge is 2.29. The zero-order chi connectivity index (χ0) is 36.5. The Balaban J connectivity index is 1.11. The van der Waals surface area contributed by atoms with E-state index in [1.54, 1.807) is 0 Å². The summed E-state index contributed by atoms with van der Waals surface area (Å²) in [4.78, 5) is 5.47. The lowest BCUT2D eigenvalue weighted by atomic mass is 9.92. The van der Waals surface area contributed by atoms with E-state index in [2.05, 4.69) is 132 Å². The average Bonchev–Trinajstić information content (AvgIpc) is 3.84. The highest BCUT2D eigenvalue weighted by Crippen LogP contribution is 2.43. The van der Waals surface area contributed by atoms with E-state index in [1.165, 1.54) is 11.1 Å². The molecule has 0 fully saturated rings. The summed E-state index contributed by atoms with van der Waals surface area (Å²) in [5.74, 6) is 0.792. The molecule has 5 nitrogen and oxygen atoms in total. The van der Waals surface area contributed by atoms with Gasteiger partial charge in [0.2, 0.25) is 0 Å². The van der Waals surface area contributed by atoms with Gasteiger partial charge >= 0.3 is 0 Å². The molecular weight excluding hydrogens is 698 g/mol. The number of nitrogens with zero attached hydrogens (tertiary/aromatic N) is 1. The zero-order valence-electron chi connectivity index (χ0n) is 29.5. The van der Waals surface area contributed by atoms with Crippen molar-refractivity contribution in [2.75, 3.05) is 0 Å². The van der Waals surface area contributed by atoms with Gasteiger partial charge < -0.3 is 14.2 Å². The van der Waals surface area contributed by atoms with Crippen LogP contribution in [0.15, 0.2) is 184 Å². The molecule has 1 aliphatic rings. The smallest absolute Gasteiger partial charge is 0.154 e. The van der Waals surface area contributed by atoms with E-state index in [0.717, 1.165) is 82.7 Å². The van der Waals surface area contributed by atoms with Crippen molar-refractivity contribution in [3.63, 3.8) is 0 Å². The Kier molecular flexibility index (Phi) is 7.37. The highest BCUT2D eigenvalue weighted by molar-refractivity contribution is 6.37. The fraction of sp³-hybridized carbons (Fsp3) is 0.0408. The number of benzene rings is 8. The molecule has 0 aliphatic carbocycles. The van der Waals surface area contributed by atoms with Crippen LogP contribution in [-0.2, 0) is 0 Å². The molecule has 11 rings (SSSR count). The van der Waals surface area contributed by atoms with Crippen LogP contribution < -0.4 is 10.6 Å². The van der Waals surface area contributed by atoms with Crippen molar-refractivity contribution in [1.82, 2.24) is 10.6 Å². The van der Waals surface area contributed by atoms with Crippen molar-refractivity contribution >= 4 is 72.1 Å². The number of hydrogen-bond acceptors (Lipinski definition) is 5. The molecule has 0 radical (unpaired) electrons. The summed E-state index contributed by atoms with van der Waals surface area (Å²) in [6.07, 6.45) is -0.625. The Morgan fingerprint density at radius 1 is 0.509 bits per heavy atom. The fourth-order valence-corrected chi connectivity index (χ4v) is 8.45. The fourth-order valence-electron chi connectivity index (χ4n) is 8.26. The number of amidine groups is 1. The Labute approximate surface area is 321 Å². The summed E-state index contributed by atoms with van der Waals surface area (Å²) in [5, 5.41) is 14.7. The van der Waals surface area contributed by atoms with Crippen LogP contribution in [-0.4, -0.2) is 5.84 Å². The van der Waals surface area contributed by atoms with Gasteiger partial charge in [-0.3, -0.25) is 5.32 Å². The lowest BCUT2D eigenvalue weighted by molar-refractivity contribution is 0.410. The third kappa shape index (κ3) is 5.31. The number of fused-ring (bicyclic) bond motifs is 7. The predicted molar refractivity (Wildman–Crippen MR) is 226 cm³/mol. The maximum Gasteiger partial charge on any atom is 0.154 e. The van der Waals surface area contributed by atoms with Crippen molar-refractivity contribution < 1.29 is 8.83 Å². The highest BCUT2D eigenvalue weighted by atomic mass is 35.5. The van der Waals surface area contributed by atoms with Gasteiger partial charge in [0.15, 0.2) is 5.58 Å². The first-order valence-corrected chi connectivity index (χ1v) is 18.8. The summed E-state index contributed by atoms with van der Waals surface area (Å²) in [5.41, 5.74) is 10.8. The number of furan rings is 2. The van der Waals surface area contributed by atoms with Gasteiger partial charge in [-0.25, -0.2) is 4.99 Å². The first-order valence-electron chi connectivity index (χ1n) is 18.5. The van der Waals surface area contributed by atoms with Gasteiger partial charge in [-0.05, 0) is 75.0 Å². The summed E-state index contributed by atoms with van der Waals surface area (Å²) >= 11 is 6.79. The number of rotatable bonds is 5. The largest absolute Gasteiger partial charge is 0.456 e. The molecule has 8 aromatic carbocycles. The summed E-state index contributed by atoms with van der Waals surface area (Å²) in [6.45, 7) is 0. The Morgan fingerprint density at radius 2 is 1.18 bits per heavy atom. The minimum Gasteiger partial charge on any atom is -0.456 e. The lowest BCUT2D eigenvalue weighted by Crippen LogP contribution is -2.45. The van der Waals surface area contributed by atoms with Crippen molar-refractivity contribution in [2.24, 2.45) is 4.99 Å². The normalized spacial score (nSPS) is 15.9. The Morgan fingerprint density at radius 3 is 2.00 bits per heavy atom. The van der Waals surface area contributed by atoms with Gasteiger partial charge in [-0.2, -0.15) is 0 Å². The van der Waals surface area contributed by atoms with Crippen LogP contribution in [0.25, 0.3) is 76.9 Å². The van der Waals surface area contributed by atoms with Crippen LogP contribution in [0.3, 0.4) is 0 Å². The van der Waals surface area contributed by atoms with Crippen molar-refractivity contribution in [3.05, 3.63) is 192 Å². The number of hydrogen-bond donors (Lipinski definition) is 2. The van der Waals surface area contributed by atoms with E-state index in [0.29, 0.717) is 10.6 Å². The van der Waals surface area contributed by atoms with Crippen LogP contribution in [0, 0.1) is 0 Å². The van der Waals surface area contributed by atoms with Crippen LogP contribution in [0.4, 0.5) is 0 Å². The lowest BCUT2D eigenvalue weighted by Gasteiger charge is -2.32. The van der Waals surface area contributed by atoms with Crippen LogP contribution in [0.2, 0.25) is 5.02 Å². The zero-order valence-corrected chi connectivity index (χ0v) is 30.2. The van der Waals surface area contributed by atoms with E-state index < -0.39 is 0 Å². The number of nitrogens with one attached hydrogen (secondary N) is 2. The predicted octanol–water partition coefficient (Wildman–Crippen LogP) is 13.0. The summed E-state index contributed by atoms with van der Waals surface area (Å²) < 4.78 is 12.7. The summed E-state index contributed by atoms with van der Waals surface area (Å²) in [6, 6.07) is 58.9. The van der Waals surface area contributed by atoms with Crippen molar-refractivity contribution in [1.29, 1.82) is 0 Å². The second-order valence-corrected chi connectivity index (χ2v) is 14.5. The molecule has 2 atom stereocenters. The van der Waals surface area contributed by atoms with Crippen molar-refractivity contribution in [2.45, 2.75) is 12.3 Å². The third-order valence-corrected chi connectivity index (χ3v) is 11.1. The molecule has 0 saturated heterocycles. The molecule has 10 aromatic rings. The van der Waals surface area contributed by atoms with Gasteiger partial charge in [-0.1, -0.05) is 145 Å². The molecule has 2 unspecified atom stereocenters. The quantitative estimate of drug-likeness (QED) is 0.185. The molecule has 262 valence electrons. The molecule has 0 saturated carbocycles. The molecule has 0 amide bonds. The van der Waals surface area contributed by atoms with E-state index in [9.17, 15) is 0 Å².